The number of sulfonamides is 1. The highest BCUT2D eigenvalue weighted by Gasteiger charge is 2.54. The van der Waals surface area contributed by atoms with E-state index in [1.54, 1.807) is 29.2 Å². The molecule has 3 saturated heterocycles. The monoisotopic (exact) mass is 726 g/mol. The zero-order valence-corrected chi connectivity index (χ0v) is 28.6. The highest BCUT2D eigenvalue weighted by atomic mass is 35.5. The largest absolute Gasteiger partial charge is 0.495 e. The van der Waals surface area contributed by atoms with E-state index < -0.39 is 27.6 Å². The molecule has 0 saturated carbocycles. The molecule has 5 aliphatic heterocycles. The van der Waals surface area contributed by atoms with Crippen LogP contribution in [0.4, 0.5) is 18.9 Å². The van der Waals surface area contributed by atoms with Crippen molar-refractivity contribution in [3.05, 3.63) is 65.2 Å². The molecule has 5 heterocycles. The Morgan fingerprint density at radius 1 is 1.04 bits per heavy atom. The Labute approximate surface area is 287 Å². The summed E-state index contributed by atoms with van der Waals surface area (Å²) in [7, 11) is -2.65. The van der Waals surface area contributed by atoms with E-state index in [1.807, 2.05) is 17.1 Å². The number of nitrogens with one attached hydrogen (secondary N) is 1. The third-order valence-electron chi connectivity index (χ3n) is 9.86. The van der Waals surface area contributed by atoms with Gasteiger partial charge in [0.25, 0.3) is 15.9 Å². The molecule has 6 bridgehead atoms. The van der Waals surface area contributed by atoms with Crippen molar-refractivity contribution in [1.82, 2.24) is 15.1 Å². The Bertz CT molecular complexity index is 1750. The topological polar surface area (TPSA) is 137 Å². The third-order valence-corrected chi connectivity index (χ3v) is 12.0. The highest BCUT2D eigenvalue weighted by Crippen LogP contribution is 2.46. The molecule has 2 atom stereocenters. The lowest BCUT2D eigenvalue weighted by Crippen LogP contribution is -2.49. The van der Waals surface area contributed by atoms with Gasteiger partial charge in [0.05, 0.1) is 40.2 Å². The van der Waals surface area contributed by atoms with Crippen LogP contribution in [0.5, 0.6) is 5.75 Å². The minimum atomic E-state index is -5.08. The number of piperidine rings is 1. The molecule has 2 N–H and O–H groups in total. The fourth-order valence-electron chi connectivity index (χ4n) is 7.16. The molecule has 1 spiro atoms. The second-order valence-corrected chi connectivity index (χ2v) is 15.4. The summed E-state index contributed by atoms with van der Waals surface area (Å²) in [6, 6.07) is 11.2. The van der Waals surface area contributed by atoms with Crippen molar-refractivity contribution >= 4 is 45.1 Å². The number of benzene rings is 2. The number of methoxy groups -OCH3 is 1. The van der Waals surface area contributed by atoms with E-state index in [2.05, 4.69) is 12.2 Å². The fraction of sp³-hybridized carbons (Fsp3) is 0.485. The average molecular weight is 727 g/mol. The number of hydrogen-bond acceptors (Lipinski definition) is 7. The van der Waals surface area contributed by atoms with Gasteiger partial charge in [0.1, 0.15) is 5.75 Å². The number of carboxylic acid groups (broad SMARTS) is 1. The number of para-hydroxylation sites is 2. The minimum Gasteiger partial charge on any atom is -0.495 e. The Morgan fingerprint density at radius 3 is 2.31 bits per heavy atom. The van der Waals surface area contributed by atoms with Crippen molar-refractivity contribution < 1.29 is 45.8 Å². The van der Waals surface area contributed by atoms with Gasteiger partial charge in [0.15, 0.2) is 0 Å². The van der Waals surface area contributed by atoms with E-state index in [-0.39, 0.29) is 45.2 Å². The number of fused-ring (bicyclic) bond motifs is 4. The molecule has 3 fully saturated rings. The van der Waals surface area contributed by atoms with Gasteiger partial charge in [-0.3, -0.25) is 13.9 Å². The molecule has 5 aliphatic rings. The molecule has 0 aliphatic carbocycles. The van der Waals surface area contributed by atoms with Crippen LogP contribution < -0.4 is 14.4 Å². The van der Waals surface area contributed by atoms with Crippen LogP contribution >= 0.6 is 11.6 Å². The number of allylic oxidation sites excluding steroid dienone is 1. The molecule has 0 radical (unpaired) electrons. The van der Waals surface area contributed by atoms with Gasteiger partial charge in [-0.25, -0.2) is 13.2 Å². The van der Waals surface area contributed by atoms with Gasteiger partial charge in [-0.15, -0.1) is 0 Å². The van der Waals surface area contributed by atoms with Gasteiger partial charge >= 0.3 is 12.1 Å². The summed E-state index contributed by atoms with van der Waals surface area (Å²) < 4.78 is 67.0. The summed E-state index contributed by atoms with van der Waals surface area (Å²) in [6.45, 7) is 5.87. The summed E-state index contributed by atoms with van der Waals surface area (Å²) in [4.78, 5) is 40.7. The van der Waals surface area contributed by atoms with E-state index >= 15 is 0 Å². The second kappa shape index (κ2) is 13.8. The van der Waals surface area contributed by atoms with Crippen LogP contribution in [-0.4, -0.2) is 100 Å². The Kier molecular flexibility index (Phi) is 10.3. The lowest BCUT2D eigenvalue weighted by atomic mass is 9.74. The SMILES string of the molecule is COc1ccccc1N1C/C=C\CC2(CCNCC2)C(=O)N2C[C@@H]3CN(C[C@]3(C)C2)C(=O)c2cc(ccc2Cl)S1(=O)=O.O=C(O)C(F)(F)F. The summed E-state index contributed by atoms with van der Waals surface area (Å²) in [6.07, 6.45) is 0.657. The van der Waals surface area contributed by atoms with Crippen LogP contribution in [0.25, 0.3) is 0 Å². The van der Waals surface area contributed by atoms with Gasteiger partial charge in [0, 0.05) is 37.5 Å². The van der Waals surface area contributed by atoms with Crippen molar-refractivity contribution in [2.45, 2.75) is 37.3 Å². The summed E-state index contributed by atoms with van der Waals surface area (Å²) >= 11 is 6.51. The predicted octanol–water partition coefficient (Wildman–Crippen LogP) is 4.43. The zero-order valence-electron chi connectivity index (χ0n) is 27.0. The smallest absolute Gasteiger partial charge is 0.490 e. The number of anilines is 1. The normalized spacial score (nSPS) is 25.5. The highest BCUT2D eigenvalue weighted by molar-refractivity contribution is 7.92. The number of aliphatic carboxylic acids is 1. The number of carboxylic acids is 1. The number of rotatable bonds is 2. The van der Waals surface area contributed by atoms with Crippen molar-refractivity contribution in [3.8, 4) is 5.75 Å². The Balaban J connectivity index is 0.000000606. The zero-order chi connectivity index (χ0) is 35.8. The molecule has 49 heavy (non-hydrogen) atoms. The number of halogens is 4. The molecule has 7 rings (SSSR count). The van der Waals surface area contributed by atoms with E-state index in [9.17, 15) is 31.2 Å². The summed E-state index contributed by atoms with van der Waals surface area (Å²) in [5.74, 6) is -2.35. The van der Waals surface area contributed by atoms with Crippen LogP contribution in [0.1, 0.15) is 36.5 Å². The first kappa shape index (κ1) is 36.5. The summed E-state index contributed by atoms with van der Waals surface area (Å²) in [5, 5.41) is 10.7. The Hall–Kier alpha value is -3.82. The molecular weight excluding hydrogens is 689 g/mol. The molecule has 2 amide bonds. The van der Waals surface area contributed by atoms with Gasteiger partial charge in [-0.2, -0.15) is 13.2 Å². The number of hydrogen-bond donors (Lipinski definition) is 2. The average Bonchev–Trinajstić information content (AvgIpc) is 3.56. The lowest BCUT2D eigenvalue weighted by molar-refractivity contribution is -0.192. The first-order valence-corrected chi connectivity index (χ1v) is 17.5. The maximum Gasteiger partial charge on any atom is 0.490 e. The maximum atomic E-state index is 14.2. The molecule has 2 aromatic carbocycles. The molecule has 11 nitrogen and oxygen atoms in total. The second-order valence-electron chi connectivity index (χ2n) is 13.1. The molecular formula is C33H38ClF3N4O7S. The minimum absolute atomic E-state index is 0.0210. The predicted molar refractivity (Wildman–Crippen MR) is 175 cm³/mol. The number of nitrogens with zero attached hydrogens (tertiary/aromatic N) is 3. The van der Waals surface area contributed by atoms with Crippen LogP contribution in [0.15, 0.2) is 59.5 Å². The molecule has 2 aromatic rings. The lowest BCUT2D eigenvalue weighted by Gasteiger charge is -2.39. The number of carbonyl (C=O) groups is 3. The first-order valence-electron chi connectivity index (χ1n) is 15.7. The maximum absolute atomic E-state index is 14.2. The van der Waals surface area contributed by atoms with Gasteiger partial charge in [0.2, 0.25) is 5.91 Å². The van der Waals surface area contributed by atoms with Gasteiger partial charge < -0.3 is 25.0 Å². The van der Waals surface area contributed by atoms with Gasteiger partial charge in [-0.1, -0.05) is 42.8 Å². The summed E-state index contributed by atoms with van der Waals surface area (Å²) in [5.41, 5.74) is -0.253. The first-order chi connectivity index (χ1) is 23.0. The van der Waals surface area contributed by atoms with E-state index in [0.29, 0.717) is 44.0 Å². The van der Waals surface area contributed by atoms with Crippen LogP contribution in [0, 0.1) is 16.7 Å². The third kappa shape index (κ3) is 7.24. The van der Waals surface area contributed by atoms with Crippen LogP contribution in [0.3, 0.4) is 0 Å². The van der Waals surface area contributed by atoms with E-state index in [0.717, 1.165) is 25.9 Å². The quantitative estimate of drug-likeness (QED) is 0.434. The number of alkyl halides is 3. The van der Waals surface area contributed by atoms with E-state index in [1.165, 1.54) is 29.6 Å². The number of carbonyl (C=O) groups excluding carboxylic acids is 2. The van der Waals surface area contributed by atoms with Crippen molar-refractivity contribution in [2.75, 3.05) is 57.2 Å². The number of ether oxygens (including phenoxy) is 1. The fourth-order valence-corrected chi connectivity index (χ4v) is 8.81. The van der Waals surface area contributed by atoms with Gasteiger partial charge in [-0.05, 0) is 62.7 Å². The standard InChI is InChI=1S/C31H37ClN4O5S.C2HF3O2/c1-30-20-34-18-22(30)19-35(21-30)29(38)31(12-14-33-15-13-31)11-5-6-16-36(26-7-3-4-8-27(26)41-2)42(39,40)23-9-10-25(32)24(17-23)28(34)37;3-2(4,5)1(6)7/h3-10,17,22,33H,11-16,18-21H2,1-2H3;(H,6,7)/b6-5-;/t22-,30+;/m0./s1. The molecule has 0 aromatic heterocycles. The Morgan fingerprint density at radius 2 is 1.67 bits per heavy atom. The van der Waals surface area contributed by atoms with Crippen molar-refractivity contribution in [1.29, 1.82) is 0 Å². The van der Waals surface area contributed by atoms with Crippen LogP contribution in [-0.2, 0) is 19.6 Å². The molecule has 16 heteroatoms. The van der Waals surface area contributed by atoms with Crippen molar-refractivity contribution in [3.63, 3.8) is 0 Å². The van der Waals surface area contributed by atoms with Crippen molar-refractivity contribution in [2.24, 2.45) is 16.7 Å². The van der Waals surface area contributed by atoms with Crippen LogP contribution in [0.2, 0.25) is 5.02 Å². The van der Waals surface area contributed by atoms with E-state index in [4.69, 9.17) is 26.2 Å². The number of amides is 2. The molecule has 266 valence electrons. The molecule has 0 unspecified atom stereocenters.